The van der Waals surface area contributed by atoms with Crippen LogP contribution < -0.4 is 10.6 Å². The maximum absolute atomic E-state index is 9.23. The lowest BCUT2D eigenvalue weighted by Gasteiger charge is -2.08. The number of hydrogen-bond donors (Lipinski definition) is 2. The van der Waals surface area contributed by atoms with Crippen molar-refractivity contribution in [3.63, 3.8) is 0 Å². The van der Waals surface area contributed by atoms with E-state index < -0.39 is 0 Å². The topological polar surface area (TPSA) is 35.5 Å². The van der Waals surface area contributed by atoms with Crippen molar-refractivity contribution >= 4 is 5.69 Å². The SMILES string of the molecule is Cc1cccc2c1CNN2O. The summed E-state index contributed by atoms with van der Waals surface area (Å²) < 4.78 is 0. The van der Waals surface area contributed by atoms with Gasteiger partial charge in [0.2, 0.25) is 0 Å². The molecule has 58 valence electrons. The predicted octanol–water partition coefficient (Wildman–Crippen LogP) is 1.21. The second-order valence-corrected chi connectivity index (χ2v) is 2.72. The van der Waals surface area contributed by atoms with Crippen LogP contribution in [0, 0.1) is 6.92 Å². The van der Waals surface area contributed by atoms with Gasteiger partial charge in [-0.15, -0.1) is 0 Å². The monoisotopic (exact) mass is 150 g/mol. The minimum absolute atomic E-state index is 0.721. The molecule has 0 atom stereocenters. The summed E-state index contributed by atoms with van der Waals surface area (Å²) in [6, 6.07) is 5.87. The Labute approximate surface area is 65.2 Å². The molecule has 11 heavy (non-hydrogen) atoms. The Kier molecular flexibility index (Phi) is 1.34. The molecule has 1 aromatic rings. The minimum Gasteiger partial charge on any atom is -0.273 e. The number of aryl methyl sites for hydroxylation is 1. The molecule has 1 aliphatic rings. The van der Waals surface area contributed by atoms with Crippen molar-refractivity contribution in [2.45, 2.75) is 13.5 Å². The lowest BCUT2D eigenvalue weighted by atomic mass is 10.1. The van der Waals surface area contributed by atoms with Gasteiger partial charge in [-0.3, -0.25) is 5.21 Å². The average molecular weight is 150 g/mol. The van der Waals surface area contributed by atoms with Crippen LogP contribution in [0.15, 0.2) is 18.2 Å². The molecule has 0 saturated heterocycles. The van der Waals surface area contributed by atoms with E-state index in [4.69, 9.17) is 0 Å². The van der Waals surface area contributed by atoms with E-state index >= 15 is 0 Å². The molecular weight excluding hydrogens is 140 g/mol. The molecule has 0 saturated carbocycles. The number of fused-ring (bicyclic) bond motifs is 1. The van der Waals surface area contributed by atoms with Gasteiger partial charge in [-0.25, -0.2) is 5.43 Å². The number of benzene rings is 1. The van der Waals surface area contributed by atoms with Crippen molar-refractivity contribution in [1.29, 1.82) is 0 Å². The van der Waals surface area contributed by atoms with Crippen molar-refractivity contribution in [3.8, 4) is 0 Å². The molecule has 2 rings (SSSR count). The Balaban J connectivity index is 2.57. The second kappa shape index (κ2) is 2.22. The molecular formula is C8H10N2O. The van der Waals surface area contributed by atoms with Crippen molar-refractivity contribution in [2.75, 3.05) is 5.17 Å². The van der Waals surface area contributed by atoms with Crippen molar-refractivity contribution < 1.29 is 5.21 Å². The molecule has 0 amide bonds. The van der Waals surface area contributed by atoms with E-state index in [2.05, 4.69) is 5.43 Å². The number of hydrogen-bond acceptors (Lipinski definition) is 3. The van der Waals surface area contributed by atoms with Crippen molar-refractivity contribution in [2.24, 2.45) is 0 Å². The van der Waals surface area contributed by atoms with E-state index in [1.165, 1.54) is 11.1 Å². The molecule has 2 N–H and O–H groups in total. The van der Waals surface area contributed by atoms with E-state index in [1.54, 1.807) is 0 Å². The maximum atomic E-state index is 9.23. The van der Waals surface area contributed by atoms with Crippen LogP contribution in [0.3, 0.4) is 0 Å². The highest BCUT2D eigenvalue weighted by Gasteiger charge is 2.17. The van der Waals surface area contributed by atoms with Crippen molar-refractivity contribution in [1.82, 2.24) is 5.43 Å². The van der Waals surface area contributed by atoms with Gasteiger partial charge in [0.05, 0.1) is 5.69 Å². The fourth-order valence-electron chi connectivity index (χ4n) is 1.35. The molecule has 0 unspecified atom stereocenters. The number of anilines is 1. The Morgan fingerprint density at radius 3 is 3.09 bits per heavy atom. The van der Waals surface area contributed by atoms with Gasteiger partial charge >= 0.3 is 0 Å². The molecule has 0 fully saturated rings. The van der Waals surface area contributed by atoms with Gasteiger partial charge in [0.25, 0.3) is 0 Å². The quantitative estimate of drug-likeness (QED) is 0.583. The standard InChI is InChI=1S/C8H10N2O/c1-6-3-2-4-8-7(6)5-9-10(8)11/h2-4,9,11H,5H2,1H3. The molecule has 0 radical (unpaired) electrons. The lowest BCUT2D eigenvalue weighted by molar-refractivity contribution is 0.221. The third-order valence-corrected chi connectivity index (χ3v) is 2.02. The smallest absolute Gasteiger partial charge is 0.0868 e. The van der Waals surface area contributed by atoms with Crippen LogP contribution in [0.1, 0.15) is 11.1 Å². The highest BCUT2D eigenvalue weighted by Crippen LogP contribution is 2.25. The Morgan fingerprint density at radius 1 is 1.55 bits per heavy atom. The summed E-state index contributed by atoms with van der Waals surface area (Å²) in [6.07, 6.45) is 0. The molecule has 1 heterocycles. The summed E-state index contributed by atoms with van der Waals surface area (Å²) >= 11 is 0. The number of rotatable bonds is 0. The molecule has 3 nitrogen and oxygen atoms in total. The maximum Gasteiger partial charge on any atom is 0.0868 e. The van der Waals surface area contributed by atoms with Gasteiger partial charge in [0.15, 0.2) is 0 Å². The third kappa shape index (κ3) is 0.895. The van der Waals surface area contributed by atoms with E-state index in [1.807, 2.05) is 25.1 Å². The number of hydrazine groups is 1. The largest absolute Gasteiger partial charge is 0.273 e. The minimum atomic E-state index is 0.721. The summed E-state index contributed by atoms with van der Waals surface area (Å²) in [6.45, 7) is 2.76. The van der Waals surface area contributed by atoms with Gasteiger partial charge in [0.1, 0.15) is 0 Å². The summed E-state index contributed by atoms with van der Waals surface area (Å²) in [7, 11) is 0. The fraction of sp³-hybridized carbons (Fsp3) is 0.250. The average Bonchev–Trinajstić information content (AvgIpc) is 2.35. The van der Waals surface area contributed by atoms with Gasteiger partial charge in [-0.2, -0.15) is 5.17 Å². The summed E-state index contributed by atoms with van der Waals surface area (Å²) in [5.74, 6) is 0. The molecule has 1 aliphatic heterocycles. The van der Waals surface area contributed by atoms with Crippen LogP contribution in [-0.2, 0) is 6.54 Å². The first-order valence-electron chi connectivity index (χ1n) is 3.60. The van der Waals surface area contributed by atoms with Crippen LogP contribution in [0.25, 0.3) is 0 Å². The first-order valence-corrected chi connectivity index (χ1v) is 3.60. The van der Waals surface area contributed by atoms with Gasteiger partial charge < -0.3 is 0 Å². The Hall–Kier alpha value is -1.06. The highest BCUT2D eigenvalue weighted by atomic mass is 16.5. The van der Waals surface area contributed by atoms with Crippen LogP contribution in [0.2, 0.25) is 0 Å². The number of nitrogens with one attached hydrogen (secondary N) is 1. The molecule has 1 aromatic carbocycles. The molecule has 0 aliphatic carbocycles. The van der Waals surface area contributed by atoms with Crippen LogP contribution >= 0.6 is 0 Å². The summed E-state index contributed by atoms with van der Waals surface area (Å²) in [4.78, 5) is 0. The molecule has 3 heteroatoms. The summed E-state index contributed by atoms with van der Waals surface area (Å²) in [5, 5.41) is 10.3. The number of nitrogens with zero attached hydrogens (tertiary/aromatic N) is 1. The molecule has 0 aromatic heterocycles. The normalized spacial score (nSPS) is 15.3. The first-order chi connectivity index (χ1) is 5.29. The second-order valence-electron chi connectivity index (χ2n) is 2.72. The lowest BCUT2D eigenvalue weighted by Crippen LogP contribution is -2.27. The highest BCUT2D eigenvalue weighted by molar-refractivity contribution is 5.56. The van der Waals surface area contributed by atoms with E-state index in [9.17, 15) is 5.21 Å². The Morgan fingerprint density at radius 2 is 2.36 bits per heavy atom. The van der Waals surface area contributed by atoms with Crippen molar-refractivity contribution in [3.05, 3.63) is 29.3 Å². The summed E-state index contributed by atoms with van der Waals surface area (Å²) in [5.41, 5.74) is 6.07. The van der Waals surface area contributed by atoms with E-state index in [0.29, 0.717) is 0 Å². The van der Waals surface area contributed by atoms with Gasteiger partial charge in [0, 0.05) is 6.54 Å². The fourth-order valence-corrected chi connectivity index (χ4v) is 1.35. The van der Waals surface area contributed by atoms with Gasteiger partial charge in [-0.1, -0.05) is 12.1 Å². The zero-order chi connectivity index (χ0) is 7.84. The first kappa shape index (κ1) is 6.64. The third-order valence-electron chi connectivity index (χ3n) is 2.02. The van der Waals surface area contributed by atoms with Crippen LogP contribution in [0.5, 0.6) is 0 Å². The Bertz CT molecular complexity index is 285. The van der Waals surface area contributed by atoms with Crippen LogP contribution in [0.4, 0.5) is 5.69 Å². The molecule has 0 spiro atoms. The predicted molar refractivity (Wildman–Crippen MR) is 42.3 cm³/mol. The van der Waals surface area contributed by atoms with Crippen LogP contribution in [-0.4, -0.2) is 5.21 Å². The van der Waals surface area contributed by atoms with Gasteiger partial charge in [-0.05, 0) is 24.1 Å². The van der Waals surface area contributed by atoms with E-state index in [-0.39, 0.29) is 0 Å². The zero-order valence-corrected chi connectivity index (χ0v) is 6.33. The molecule has 0 bridgehead atoms. The van der Waals surface area contributed by atoms with E-state index in [0.717, 1.165) is 17.4 Å². The zero-order valence-electron chi connectivity index (χ0n) is 6.33.